The third-order valence-corrected chi connectivity index (χ3v) is 5.31. The monoisotopic (exact) mass is 343 g/mol. The molecule has 2 aromatic heterocycles. The van der Waals surface area contributed by atoms with Crippen molar-refractivity contribution in [3.05, 3.63) is 63.3 Å². The molecule has 118 valence electrons. The molecular weight excluding hydrogens is 326 g/mol. The fourth-order valence-corrected chi connectivity index (χ4v) is 3.74. The number of aryl methyl sites for hydroxylation is 1. The number of carbonyl (C=O) groups excluding carboxylic acids is 1. The van der Waals surface area contributed by atoms with Crippen molar-refractivity contribution in [2.75, 3.05) is 17.2 Å². The van der Waals surface area contributed by atoms with Gasteiger partial charge in [-0.25, -0.2) is 4.98 Å². The zero-order valence-electron chi connectivity index (χ0n) is 12.7. The molecule has 2 N–H and O–H groups in total. The lowest BCUT2D eigenvalue weighted by Gasteiger charge is -2.03. The summed E-state index contributed by atoms with van der Waals surface area (Å²) in [6.45, 7) is 2.67. The Kier molecular flexibility index (Phi) is 5.05. The molecule has 0 aliphatic carbocycles. The molecule has 1 aromatic carbocycles. The van der Waals surface area contributed by atoms with Gasteiger partial charge < -0.3 is 10.6 Å². The van der Waals surface area contributed by atoms with Crippen LogP contribution in [0.1, 0.15) is 20.2 Å². The lowest BCUT2D eigenvalue weighted by molar-refractivity contribution is 0.103. The number of thiazole rings is 1. The van der Waals surface area contributed by atoms with E-state index in [0.29, 0.717) is 4.88 Å². The molecule has 6 heteroatoms. The van der Waals surface area contributed by atoms with Gasteiger partial charge >= 0.3 is 0 Å². The molecule has 0 fully saturated rings. The fourth-order valence-electron chi connectivity index (χ4n) is 2.14. The topological polar surface area (TPSA) is 54.0 Å². The molecule has 4 nitrogen and oxygen atoms in total. The summed E-state index contributed by atoms with van der Waals surface area (Å²) in [6.07, 6.45) is 0.960. The van der Waals surface area contributed by atoms with Gasteiger partial charge in [0.05, 0.1) is 5.69 Å². The summed E-state index contributed by atoms with van der Waals surface area (Å²) in [5.74, 6) is -0.113. The highest BCUT2D eigenvalue weighted by Gasteiger charge is 2.15. The predicted molar refractivity (Wildman–Crippen MR) is 97.8 cm³/mol. The first-order valence-corrected chi connectivity index (χ1v) is 9.02. The van der Waals surface area contributed by atoms with Crippen LogP contribution in [0.25, 0.3) is 0 Å². The number of hydrogen-bond donors (Lipinski definition) is 2. The van der Waals surface area contributed by atoms with Crippen LogP contribution in [0.3, 0.4) is 0 Å². The van der Waals surface area contributed by atoms with Gasteiger partial charge in [-0.15, -0.1) is 11.3 Å². The average molecular weight is 343 g/mol. The van der Waals surface area contributed by atoms with E-state index in [1.165, 1.54) is 16.2 Å². The molecule has 0 saturated carbocycles. The van der Waals surface area contributed by atoms with E-state index in [0.717, 1.165) is 29.5 Å². The lowest BCUT2D eigenvalue weighted by Crippen LogP contribution is -2.11. The molecular formula is C17H17N3OS2. The van der Waals surface area contributed by atoms with Crippen molar-refractivity contribution < 1.29 is 4.79 Å². The fraction of sp³-hybridized carbons (Fsp3) is 0.176. The smallest absolute Gasteiger partial charge is 0.267 e. The second-order valence-electron chi connectivity index (χ2n) is 5.01. The lowest BCUT2D eigenvalue weighted by atomic mass is 10.3. The molecule has 0 atom stereocenters. The Morgan fingerprint density at radius 2 is 2.00 bits per heavy atom. The van der Waals surface area contributed by atoms with E-state index in [-0.39, 0.29) is 5.91 Å². The van der Waals surface area contributed by atoms with Crippen molar-refractivity contribution in [3.8, 4) is 0 Å². The quantitative estimate of drug-likeness (QED) is 0.696. The van der Waals surface area contributed by atoms with E-state index in [9.17, 15) is 4.79 Å². The van der Waals surface area contributed by atoms with E-state index in [4.69, 9.17) is 0 Å². The molecule has 0 aliphatic heterocycles. The first kappa shape index (κ1) is 15.7. The highest BCUT2D eigenvalue weighted by Crippen LogP contribution is 2.24. The zero-order valence-corrected chi connectivity index (χ0v) is 14.3. The van der Waals surface area contributed by atoms with Gasteiger partial charge in [-0.2, -0.15) is 0 Å². The van der Waals surface area contributed by atoms with Crippen LogP contribution in [0.5, 0.6) is 0 Å². The molecule has 3 rings (SSSR count). The Morgan fingerprint density at radius 1 is 1.17 bits per heavy atom. The minimum Gasteiger partial charge on any atom is -0.361 e. The number of aromatic nitrogens is 1. The molecule has 1 amide bonds. The van der Waals surface area contributed by atoms with Gasteiger partial charge in [-0.1, -0.05) is 35.6 Å². The molecule has 0 unspecified atom stereocenters. The minimum absolute atomic E-state index is 0.113. The summed E-state index contributed by atoms with van der Waals surface area (Å²) in [5.41, 5.74) is 1.54. The van der Waals surface area contributed by atoms with Crippen LogP contribution < -0.4 is 10.6 Å². The molecule has 0 spiro atoms. The first-order chi connectivity index (χ1) is 11.2. The van der Waals surface area contributed by atoms with Gasteiger partial charge in [-0.3, -0.25) is 4.79 Å². The number of thiophene rings is 1. The van der Waals surface area contributed by atoms with E-state index in [2.05, 4.69) is 33.1 Å². The second-order valence-corrected chi connectivity index (χ2v) is 7.04. The highest BCUT2D eigenvalue weighted by molar-refractivity contribution is 7.17. The van der Waals surface area contributed by atoms with Crippen LogP contribution in [-0.4, -0.2) is 17.4 Å². The third-order valence-electron chi connectivity index (χ3n) is 3.26. The third kappa shape index (κ3) is 4.18. The van der Waals surface area contributed by atoms with Crippen molar-refractivity contribution in [2.45, 2.75) is 13.3 Å². The van der Waals surface area contributed by atoms with Gasteiger partial charge in [0.2, 0.25) is 0 Å². The van der Waals surface area contributed by atoms with Crippen molar-refractivity contribution in [1.29, 1.82) is 0 Å². The molecule has 0 bridgehead atoms. The summed E-state index contributed by atoms with van der Waals surface area (Å²) in [4.78, 5) is 18.8. The minimum atomic E-state index is -0.113. The predicted octanol–water partition coefficient (Wildman–Crippen LogP) is 4.42. The second kappa shape index (κ2) is 7.39. The average Bonchev–Trinajstić information content (AvgIpc) is 3.18. The molecule has 0 aliphatic rings. The summed E-state index contributed by atoms with van der Waals surface area (Å²) in [7, 11) is 0. The Hall–Kier alpha value is -2.18. The van der Waals surface area contributed by atoms with Crippen molar-refractivity contribution in [1.82, 2.24) is 4.98 Å². The molecule has 0 saturated heterocycles. The summed E-state index contributed by atoms with van der Waals surface area (Å²) in [5, 5.41) is 9.06. The normalized spacial score (nSPS) is 10.5. The Labute approximate surface area is 143 Å². The zero-order chi connectivity index (χ0) is 16.1. The number of hydrogen-bond acceptors (Lipinski definition) is 5. The van der Waals surface area contributed by atoms with E-state index < -0.39 is 0 Å². The molecule has 23 heavy (non-hydrogen) atoms. The Balaban J connectivity index is 1.60. The van der Waals surface area contributed by atoms with Gasteiger partial charge in [0, 0.05) is 17.1 Å². The number of nitrogens with one attached hydrogen (secondary N) is 2. The van der Waals surface area contributed by atoms with Gasteiger partial charge in [0.1, 0.15) is 4.88 Å². The number of para-hydroxylation sites is 1. The van der Waals surface area contributed by atoms with Crippen molar-refractivity contribution in [2.24, 2.45) is 0 Å². The van der Waals surface area contributed by atoms with Crippen LogP contribution in [0.2, 0.25) is 0 Å². The molecule has 2 heterocycles. The standard InChI is InChI=1S/C17H17N3OS2/c1-12-15(16(21)20-13-6-3-2-4-7-13)23-17(19-12)18-10-9-14-8-5-11-22-14/h2-8,11H,9-10H2,1H3,(H,18,19)(H,20,21). The number of carbonyl (C=O) groups is 1. The summed E-state index contributed by atoms with van der Waals surface area (Å²) >= 11 is 3.14. The Bertz CT molecular complexity index is 767. The molecule has 3 aromatic rings. The number of amides is 1. The van der Waals surface area contributed by atoms with Gasteiger partial charge in [0.25, 0.3) is 5.91 Å². The number of nitrogens with zero attached hydrogens (tertiary/aromatic N) is 1. The number of benzene rings is 1. The summed E-state index contributed by atoms with van der Waals surface area (Å²) in [6, 6.07) is 13.6. The van der Waals surface area contributed by atoms with Crippen LogP contribution in [-0.2, 0) is 6.42 Å². The summed E-state index contributed by atoms with van der Waals surface area (Å²) < 4.78 is 0. The van der Waals surface area contributed by atoms with Crippen molar-refractivity contribution in [3.63, 3.8) is 0 Å². The maximum Gasteiger partial charge on any atom is 0.267 e. The van der Waals surface area contributed by atoms with E-state index in [1.54, 1.807) is 11.3 Å². The van der Waals surface area contributed by atoms with E-state index >= 15 is 0 Å². The van der Waals surface area contributed by atoms with Crippen LogP contribution in [0.4, 0.5) is 10.8 Å². The number of anilines is 2. The van der Waals surface area contributed by atoms with E-state index in [1.807, 2.05) is 37.3 Å². The maximum atomic E-state index is 12.3. The van der Waals surface area contributed by atoms with Crippen LogP contribution in [0.15, 0.2) is 47.8 Å². The van der Waals surface area contributed by atoms with Crippen LogP contribution in [0, 0.1) is 6.92 Å². The van der Waals surface area contributed by atoms with Crippen LogP contribution >= 0.6 is 22.7 Å². The Morgan fingerprint density at radius 3 is 2.74 bits per heavy atom. The largest absolute Gasteiger partial charge is 0.361 e. The van der Waals surface area contributed by atoms with Crippen molar-refractivity contribution >= 4 is 39.4 Å². The molecule has 0 radical (unpaired) electrons. The maximum absolute atomic E-state index is 12.3. The van der Waals surface area contributed by atoms with Gasteiger partial charge in [0.15, 0.2) is 5.13 Å². The van der Waals surface area contributed by atoms with Gasteiger partial charge in [-0.05, 0) is 36.9 Å². The number of rotatable bonds is 6. The SMILES string of the molecule is Cc1nc(NCCc2cccs2)sc1C(=O)Nc1ccccc1. The highest BCUT2D eigenvalue weighted by atomic mass is 32.1. The first-order valence-electron chi connectivity index (χ1n) is 7.32.